The summed E-state index contributed by atoms with van der Waals surface area (Å²) in [5.74, 6) is -0.335. The summed E-state index contributed by atoms with van der Waals surface area (Å²) in [5.41, 5.74) is -0.543. The van der Waals surface area contributed by atoms with Crippen molar-refractivity contribution in [2.24, 2.45) is 0 Å². The summed E-state index contributed by atoms with van der Waals surface area (Å²) in [6.45, 7) is 6.01. The SMILES string of the molecule is CC(C)(C)OC(=O)[C@H]1CCCN1C(=O)c1ccco1. The molecule has 5 heteroatoms. The number of hydrogen-bond acceptors (Lipinski definition) is 4. The molecular weight excluding hydrogens is 246 g/mol. The van der Waals surface area contributed by atoms with E-state index in [4.69, 9.17) is 9.15 Å². The number of carbonyl (C=O) groups excluding carboxylic acids is 2. The molecule has 0 radical (unpaired) electrons. The first kappa shape index (κ1) is 13.6. The highest BCUT2D eigenvalue weighted by Gasteiger charge is 2.37. The molecule has 0 unspecified atom stereocenters. The van der Waals surface area contributed by atoms with E-state index in [1.54, 1.807) is 12.1 Å². The van der Waals surface area contributed by atoms with Gasteiger partial charge in [-0.3, -0.25) is 4.79 Å². The van der Waals surface area contributed by atoms with E-state index in [0.717, 1.165) is 6.42 Å². The minimum atomic E-state index is -0.543. The molecule has 19 heavy (non-hydrogen) atoms. The number of carbonyl (C=O) groups is 2. The lowest BCUT2D eigenvalue weighted by atomic mass is 10.1. The van der Waals surface area contributed by atoms with E-state index in [1.807, 2.05) is 20.8 Å². The van der Waals surface area contributed by atoms with Gasteiger partial charge in [-0.25, -0.2) is 4.79 Å². The van der Waals surface area contributed by atoms with Crippen molar-refractivity contribution in [1.82, 2.24) is 4.90 Å². The highest BCUT2D eigenvalue weighted by Crippen LogP contribution is 2.23. The molecule has 1 atom stereocenters. The van der Waals surface area contributed by atoms with Crippen molar-refractivity contribution < 1.29 is 18.7 Å². The van der Waals surface area contributed by atoms with Gasteiger partial charge in [0, 0.05) is 6.54 Å². The van der Waals surface area contributed by atoms with Crippen LogP contribution in [0.5, 0.6) is 0 Å². The molecule has 1 aromatic rings. The fourth-order valence-electron chi connectivity index (χ4n) is 2.17. The molecule has 1 fully saturated rings. The number of hydrogen-bond donors (Lipinski definition) is 0. The smallest absolute Gasteiger partial charge is 0.329 e. The molecule has 0 N–H and O–H groups in total. The van der Waals surface area contributed by atoms with E-state index in [0.29, 0.717) is 13.0 Å². The number of likely N-dealkylation sites (tertiary alicyclic amines) is 1. The Labute approximate surface area is 112 Å². The van der Waals surface area contributed by atoms with Crippen LogP contribution in [-0.2, 0) is 9.53 Å². The molecule has 0 saturated carbocycles. The van der Waals surface area contributed by atoms with Crippen LogP contribution in [0.1, 0.15) is 44.2 Å². The Morgan fingerprint density at radius 2 is 2.16 bits per heavy atom. The topological polar surface area (TPSA) is 59.8 Å². The fourth-order valence-corrected chi connectivity index (χ4v) is 2.17. The maximum atomic E-state index is 12.2. The molecule has 5 nitrogen and oxygen atoms in total. The van der Waals surface area contributed by atoms with Crippen LogP contribution in [-0.4, -0.2) is 35.0 Å². The second kappa shape index (κ2) is 5.07. The molecule has 0 aliphatic carbocycles. The number of ether oxygens (including phenoxy) is 1. The van der Waals surface area contributed by atoms with E-state index in [9.17, 15) is 9.59 Å². The van der Waals surface area contributed by atoms with Crippen molar-refractivity contribution in [3.05, 3.63) is 24.2 Å². The molecule has 1 aliphatic rings. The molecular formula is C14H19NO4. The standard InChI is InChI=1S/C14H19NO4/c1-14(2,3)19-13(17)10-6-4-8-15(10)12(16)11-7-5-9-18-11/h5,7,9-10H,4,6,8H2,1-3H3/t10-/m1/s1. The average molecular weight is 265 g/mol. The molecule has 1 saturated heterocycles. The van der Waals surface area contributed by atoms with Crippen LogP contribution in [0.25, 0.3) is 0 Å². The van der Waals surface area contributed by atoms with Gasteiger partial charge in [0.1, 0.15) is 11.6 Å². The zero-order valence-electron chi connectivity index (χ0n) is 11.5. The molecule has 1 aliphatic heterocycles. The van der Waals surface area contributed by atoms with Gasteiger partial charge in [-0.2, -0.15) is 0 Å². The minimum Gasteiger partial charge on any atom is -0.459 e. The van der Waals surface area contributed by atoms with Crippen LogP contribution in [0.3, 0.4) is 0 Å². The van der Waals surface area contributed by atoms with Gasteiger partial charge in [-0.15, -0.1) is 0 Å². The zero-order valence-corrected chi connectivity index (χ0v) is 11.5. The van der Waals surface area contributed by atoms with Crippen molar-refractivity contribution in [2.45, 2.75) is 45.3 Å². The number of esters is 1. The van der Waals surface area contributed by atoms with Crippen LogP contribution < -0.4 is 0 Å². The van der Waals surface area contributed by atoms with Gasteiger partial charge in [0.2, 0.25) is 0 Å². The summed E-state index contributed by atoms with van der Waals surface area (Å²) in [7, 11) is 0. The number of rotatable bonds is 2. The van der Waals surface area contributed by atoms with Crippen LogP contribution in [0, 0.1) is 0 Å². The second-order valence-electron chi connectivity index (χ2n) is 5.67. The second-order valence-corrected chi connectivity index (χ2v) is 5.67. The third-order valence-electron chi connectivity index (χ3n) is 2.92. The van der Waals surface area contributed by atoms with E-state index < -0.39 is 11.6 Å². The summed E-state index contributed by atoms with van der Waals surface area (Å²) >= 11 is 0. The monoisotopic (exact) mass is 265 g/mol. The zero-order chi connectivity index (χ0) is 14.0. The minimum absolute atomic E-state index is 0.252. The van der Waals surface area contributed by atoms with E-state index in [-0.39, 0.29) is 17.6 Å². The van der Waals surface area contributed by atoms with E-state index in [2.05, 4.69) is 0 Å². The first-order valence-electron chi connectivity index (χ1n) is 6.46. The van der Waals surface area contributed by atoms with E-state index in [1.165, 1.54) is 11.2 Å². The van der Waals surface area contributed by atoms with Crippen molar-refractivity contribution in [2.75, 3.05) is 6.54 Å². The highest BCUT2D eigenvalue weighted by molar-refractivity contribution is 5.95. The Bertz CT molecular complexity index is 458. The Hall–Kier alpha value is -1.78. The molecule has 104 valence electrons. The summed E-state index contributed by atoms with van der Waals surface area (Å²) < 4.78 is 10.4. The molecule has 2 rings (SSSR count). The quantitative estimate of drug-likeness (QED) is 0.769. The van der Waals surface area contributed by atoms with Gasteiger partial charge in [0.15, 0.2) is 5.76 Å². The average Bonchev–Trinajstić information content (AvgIpc) is 2.97. The molecule has 1 aromatic heterocycles. The van der Waals surface area contributed by atoms with Gasteiger partial charge in [-0.1, -0.05) is 0 Å². The van der Waals surface area contributed by atoms with Gasteiger partial charge >= 0.3 is 5.97 Å². The lowest BCUT2D eigenvalue weighted by Crippen LogP contribution is -2.43. The maximum absolute atomic E-state index is 12.2. The molecule has 2 heterocycles. The van der Waals surface area contributed by atoms with Crippen LogP contribution in [0.15, 0.2) is 22.8 Å². The summed E-state index contributed by atoms with van der Waals surface area (Å²) in [4.78, 5) is 25.8. The van der Waals surface area contributed by atoms with Crippen LogP contribution in [0.2, 0.25) is 0 Å². The van der Waals surface area contributed by atoms with Crippen molar-refractivity contribution in [1.29, 1.82) is 0 Å². The fraction of sp³-hybridized carbons (Fsp3) is 0.571. The van der Waals surface area contributed by atoms with Crippen molar-refractivity contribution in [3.63, 3.8) is 0 Å². The largest absolute Gasteiger partial charge is 0.459 e. The first-order chi connectivity index (χ1) is 8.88. The van der Waals surface area contributed by atoms with Gasteiger partial charge in [-0.05, 0) is 45.7 Å². The third-order valence-corrected chi connectivity index (χ3v) is 2.92. The van der Waals surface area contributed by atoms with Crippen LogP contribution in [0.4, 0.5) is 0 Å². The molecule has 0 spiro atoms. The van der Waals surface area contributed by atoms with Gasteiger partial charge in [0.05, 0.1) is 6.26 Å². The van der Waals surface area contributed by atoms with Gasteiger partial charge < -0.3 is 14.1 Å². The Balaban J connectivity index is 2.09. The third kappa shape index (κ3) is 3.16. The predicted octanol–water partition coefficient (Wildman–Crippen LogP) is 2.23. The normalized spacial score (nSPS) is 19.5. The predicted molar refractivity (Wildman–Crippen MR) is 68.6 cm³/mol. The lowest BCUT2D eigenvalue weighted by Gasteiger charge is -2.26. The van der Waals surface area contributed by atoms with Crippen LogP contribution >= 0.6 is 0 Å². The van der Waals surface area contributed by atoms with Crippen molar-refractivity contribution in [3.8, 4) is 0 Å². The van der Waals surface area contributed by atoms with Crippen molar-refractivity contribution >= 4 is 11.9 Å². The Kier molecular flexibility index (Phi) is 3.64. The Morgan fingerprint density at radius 1 is 1.42 bits per heavy atom. The summed E-state index contributed by atoms with van der Waals surface area (Å²) in [6.07, 6.45) is 2.89. The highest BCUT2D eigenvalue weighted by atomic mass is 16.6. The molecule has 1 amide bonds. The van der Waals surface area contributed by atoms with E-state index >= 15 is 0 Å². The summed E-state index contributed by atoms with van der Waals surface area (Å²) in [5, 5.41) is 0. The van der Waals surface area contributed by atoms with Gasteiger partial charge in [0.25, 0.3) is 5.91 Å². The number of nitrogens with zero attached hydrogens (tertiary/aromatic N) is 1. The molecule has 0 aromatic carbocycles. The maximum Gasteiger partial charge on any atom is 0.329 e. The first-order valence-corrected chi connectivity index (χ1v) is 6.46. The molecule has 0 bridgehead atoms. The summed E-state index contributed by atoms with van der Waals surface area (Å²) in [6, 6.07) is 2.76. The Morgan fingerprint density at radius 3 is 2.74 bits per heavy atom. The number of amides is 1. The number of furan rings is 1. The lowest BCUT2D eigenvalue weighted by molar-refractivity contribution is -0.159.